The zero-order chi connectivity index (χ0) is 36.8. The maximum Gasteiger partial charge on any atom is 0.410 e. The van der Waals surface area contributed by atoms with Gasteiger partial charge in [0.2, 0.25) is 17.7 Å². The number of nitrogens with one attached hydrogen (secondary N) is 4. The van der Waals surface area contributed by atoms with Crippen molar-refractivity contribution in [3.8, 4) is 0 Å². The van der Waals surface area contributed by atoms with Crippen molar-refractivity contribution in [1.29, 1.82) is 0 Å². The van der Waals surface area contributed by atoms with Crippen LogP contribution in [0.15, 0.2) is 12.7 Å². The second-order valence-corrected chi connectivity index (χ2v) is 13.7. The Hall–Kier alpha value is -3.72. The molecule has 5 amide bonds. The Balaban J connectivity index is 3.30. The Morgan fingerprint density at radius 3 is 2.17 bits per heavy atom. The van der Waals surface area contributed by atoms with Crippen LogP contribution in [0.3, 0.4) is 0 Å². The van der Waals surface area contributed by atoms with Crippen LogP contribution in [0.4, 0.5) is 4.79 Å². The van der Waals surface area contributed by atoms with Gasteiger partial charge in [-0.2, -0.15) is 0 Å². The number of ether oxygens (including phenoxy) is 2. The van der Waals surface area contributed by atoms with Gasteiger partial charge in [0.1, 0.15) is 24.8 Å². The molecule has 3 unspecified atom stereocenters. The van der Waals surface area contributed by atoms with Crippen molar-refractivity contribution in [1.82, 2.24) is 31.1 Å². The minimum absolute atomic E-state index is 0.0225. The summed E-state index contributed by atoms with van der Waals surface area (Å²) in [6, 6.07) is -3.22. The van der Waals surface area contributed by atoms with Crippen molar-refractivity contribution in [3.63, 3.8) is 0 Å². The molecule has 0 aliphatic carbocycles. The van der Waals surface area contributed by atoms with Crippen molar-refractivity contribution >= 4 is 35.7 Å². The largest absolute Gasteiger partial charge is 0.460 e. The monoisotopic (exact) mass is 682 g/mol. The third-order valence-electron chi connectivity index (χ3n) is 7.65. The van der Waals surface area contributed by atoms with Gasteiger partial charge in [-0.1, -0.05) is 53.7 Å². The molecule has 0 radical (unpaired) electrons. The summed E-state index contributed by atoms with van der Waals surface area (Å²) in [6.07, 6.45) is -0.304. The number of nitrogens with zero attached hydrogens (tertiary/aromatic N) is 2. The number of hydrogen-bond acceptors (Lipinski definition) is 10. The number of esters is 1. The molecule has 1 saturated heterocycles. The van der Waals surface area contributed by atoms with E-state index in [2.05, 4.69) is 27.8 Å². The first-order valence-corrected chi connectivity index (χ1v) is 16.6. The van der Waals surface area contributed by atoms with Gasteiger partial charge in [0, 0.05) is 32.6 Å². The molecular weight excluding hydrogens is 624 g/mol. The molecule has 1 rings (SSSR count). The Morgan fingerprint density at radius 1 is 1.00 bits per heavy atom. The number of hydrogen-bond donors (Lipinski definition) is 5. The van der Waals surface area contributed by atoms with E-state index in [0.29, 0.717) is 13.0 Å². The van der Waals surface area contributed by atoms with Crippen LogP contribution in [0, 0.1) is 11.8 Å². The second-order valence-electron chi connectivity index (χ2n) is 13.7. The van der Waals surface area contributed by atoms with Crippen molar-refractivity contribution in [3.05, 3.63) is 12.7 Å². The lowest BCUT2D eigenvalue weighted by atomic mass is 9.98. The van der Waals surface area contributed by atoms with E-state index in [1.165, 1.54) is 22.8 Å². The van der Waals surface area contributed by atoms with Crippen LogP contribution in [0.5, 0.6) is 0 Å². The molecule has 0 bridgehead atoms. The molecule has 0 saturated carbocycles. The number of carbonyl (C=O) groups excluding carboxylic acids is 6. The Bertz CT molecular complexity index is 1120. The molecule has 1 fully saturated rings. The van der Waals surface area contributed by atoms with Crippen LogP contribution >= 0.6 is 0 Å². The summed E-state index contributed by atoms with van der Waals surface area (Å²) < 4.78 is 10.4. The average molecular weight is 683 g/mol. The number of rotatable bonds is 17. The molecule has 15 nitrogen and oxygen atoms in total. The predicted octanol–water partition coefficient (Wildman–Crippen LogP) is 0.700. The highest BCUT2D eigenvalue weighted by molar-refractivity contribution is 5.92. The van der Waals surface area contributed by atoms with Crippen molar-refractivity contribution < 1.29 is 43.3 Å². The molecule has 5 N–H and O–H groups in total. The van der Waals surface area contributed by atoms with Crippen molar-refractivity contribution in [2.45, 2.75) is 111 Å². The summed E-state index contributed by atoms with van der Waals surface area (Å²) in [7, 11) is 0. The van der Waals surface area contributed by atoms with Gasteiger partial charge in [0.25, 0.3) is 5.91 Å². The fraction of sp³-hybridized carbons (Fsp3) is 0.758. The molecule has 274 valence electrons. The van der Waals surface area contributed by atoms with E-state index >= 15 is 0 Å². The lowest BCUT2D eigenvalue weighted by molar-refractivity contribution is -0.147. The second kappa shape index (κ2) is 19.9. The summed E-state index contributed by atoms with van der Waals surface area (Å²) in [5, 5.41) is 22.1. The summed E-state index contributed by atoms with van der Waals surface area (Å²) in [5.41, 5.74) is -0.795. The van der Waals surface area contributed by atoms with E-state index in [9.17, 15) is 33.9 Å². The van der Waals surface area contributed by atoms with Gasteiger partial charge < -0.3 is 45.6 Å². The summed E-state index contributed by atoms with van der Waals surface area (Å²) in [4.78, 5) is 80.2. The Labute approximate surface area is 284 Å². The van der Waals surface area contributed by atoms with Crippen molar-refractivity contribution in [2.75, 3.05) is 39.3 Å². The van der Waals surface area contributed by atoms with E-state index < -0.39 is 60.3 Å². The Morgan fingerprint density at radius 2 is 1.65 bits per heavy atom. The van der Waals surface area contributed by atoms with E-state index in [4.69, 9.17) is 9.47 Å². The zero-order valence-electron chi connectivity index (χ0n) is 30.1. The number of carbonyl (C=O) groups is 6. The first kappa shape index (κ1) is 42.3. The quantitative estimate of drug-likeness (QED) is 0.108. The first-order valence-electron chi connectivity index (χ1n) is 16.6. The lowest BCUT2D eigenvalue weighted by Crippen LogP contribution is -2.66. The number of aliphatic hydroxyl groups excluding tert-OH is 1. The van der Waals surface area contributed by atoms with Gasteiger partial charge >= 0.3 is 12.1 Å². The fourth-order valence-electron chi connectivity index (χ4n) is 5.07. The van der Waals surface area contributed by atoms with Crippen LogP contribution in [0.25, 0.3) is 0 Å². The molecule has 0 aromatic heterocycles. The van der Waals surface area contributed by atoms with Gasteiger partial charge in [-0.05, 0) is 39.0 Å². The molecule has 1 aliphatic rings. The summed E-state index contributed by atoms with van der Waals surface area (Å²) in [5.74, 6) is -2.97. The predicted molar refractivity (Wildman–Crippen MR) is 179 cm³/mol. The highest BCUT2D eigenvalue weighted by Crippen LogP contribution is 2.19. The van der Waals surface area contributed by atoms with Crippen LogP contribution in [-0.4, -0.2) is 126 Å². The maximum atomic E-state index is 14.1. The molecule has 0 aromatic rings. The van der Waals surface area contributed by atoms with Gasteiger partial charge in [-0.3, -0.25) is 24.0 Å². The van der Waals surface area contributed by atoms with Gasteiger partial charge in [0.15, 0.2) is 6.10 Å². The van der Waals surface area contributed by atoms with Crippen LogP contribution in [0.2, 0.25) is 0 Å². The number of amides is 5. The standard InChI is InChI=1S/C33H58N6O9/c1-11-13-23(28(42)30(44)35-18-26(41)47-16-12-2)37-29(43)25-19-38(32(46)48-33(8,9)10)14-15-39(25)31(45)27(21(5)6)34-17-24(20(3)4)36-22(7)40/h12,20-21,23-25,27-28,34,42H,2,11,13-19H2,1,3-10H3,(H,35,44)(H,36,40)(H,37,43)/t23?,24-,25?,27+,28?/m1/s1. The SMILES string of the molecule is C=CCOC(=O)CNC(=O)C(O)C(CCC)NC(=O)C1CN(C(=O)OC(C)(C)C)CCN1C(=O)[C@@H](NC[C@@H](NC(C)=O)C(C)C)C(C)C. The third kappa shape index (κ3) is 14.2. The van der Waals surface area contributed by atoms with Gasteiger partial charge in [-0.25, -0.2) is 4.79 Å². The van der Waals surface area contributed by atoms with E-state index in [1.807, 2.05) is 27.7 Å². The molecule has 15 heteroatoms. The number of aliphatic hydroxyl groups is 1. The summed E-state index contributed by atoms with van der Waals surface area (Å²) >= 11 is 0. The lowest BCUT2D eigenvalue weighted by Gasteiger charge is -2.43. The van der Waals surface area contributed by atoms with E-state index in [-0.39, 0.29) is 62.4 Å². The first-order chi connectivity index (χ1) is 22.3. The molecule has 5 atom stereocenters. The molecule has 1 aliphatic heterocycles. The van der Waals surface area contributed by atoms with Crippen LogP contribution in [0.1, 0.15) is 75.2 Å². The minimum Gasteiger partial charge on any atom is -0.460 e. The Kier molecular flexibility index (Phi) is 17.6. The highest BCUT2D eigenvalue weighted by atomic mass is 16.6. The van der Waals surface area contributed by atoms with Gasteiger partial charge in [0.05, 0.1) is 18.6 Å². The van der Waals surface area contributed by atoms with Crippen LogP contribution in [-0.2, 0) is 33.4 Å². The topological polar surface area (TPSA) is 196 Å². The zero-order valence-corrected chi connectivity index (χ0v) is 30.1. The molecule has 48 heavy (non-hydrogen) atoms. The van der Waals surface area contributed by atoms with E-state index in [1.54, 1.807) is 27.7 Å². The van der Waals surface area contributed by atoms with E-state index in [0.717, 1.165) is 0 Å². The highest BCUT2D eigenvalue weighted by Gasteiger charge is 2.42. The fourth-order valence-corrected chi connectivity index (χ4v) is 5.07. The molecule has 0 aromatic carbocycles. The normalized spacial score (nSPS) is 17.5. The number of piperazine rings is 1. The smallest absolute Gasteiger partial charge is 0.410 e. The minimum atomic E-state index is -1.72. The molecule has 0 spiro atoms. The molecule has 1 heterocycles. The third-order valence-corrected chi connectivity index (χ3v) is 7.65. The van der Waals surface area contributed by atoms with Gasteiger partial charge in [-0.15, -0.1) is 0 Å². The summed E-state index contributed by atoms with van der Waals surface area (Å²) in [6.45, 7) is 19.2. The van der Waals surface area contributed by atoms with Crippen LogP contribution < -0.4 is 21.3 Å². The van der Waals surface area contributed by atoms with Crippen molar-refractivity contribution in [2.24, 2.45) is 11.8 Å². The maximum absolute atomic E-state index is 14.1. The average Bonchev–Trinajstić information content (AvgIpc) is 2.99. The molecular formula is C33H58N6O9.